The zero-order chi connectivity index (χ0) is 21.1. The van der Waals surface area contributed by atoms with Crippen LogP contribution in [0.15, 0.2) is 71.6 Å². The molecule has 0 spiro atoms. The van der Waals surface area contributed by atoms with Gasteiger partial charge < -0.3 is 10.1 Å². The molecule has 7 heteroatoms. The second-order valence-electron chi connectivity index (χ2n) is 7.39. The lowest BCUT2D eigenvalue weighted by atomic mass is 9.98. The van der Waals surface area contributed by atoms with Crippen molar-refractivity contribution in [3.05, 3.63) is 66.7 Å². The van der Waals surface area contributed by atoms with Gasteiger partial charge in [0.2, 0.25) is 15.9 Å². The van der Waals surface area contributed by atoms with Crippen LogP contribution in [0.5, 0.6) is 5.75 Å². The number of carbonyl (C=O) groups is 1. The van der Waals surface area contributed by atoms with Crippen LogP contribution in [-0.2, 0) is 14.8 Å². The van der Waals surface area contributed by atoms with Crippen LogP contribution in [0.2, 0.25) is 0 Å². The molecular formula is C23H24N2O4S. The summed E-state index contributed by atoms with van der Waals surface area (Å²) >= 11 is 0. The Morgan fingerprint density at radius 2 is 1.77 bits per heavy atom. The maximum atomic E-state index is 13.0. The van der Waals surface area contributed by atoms with Gasteiger partial charge in [0, 0.05) is 24.2 Å². The number of ether oxygens (including phenoxy) is 1. The molecule has 1 saturated heterocycles. The maximum Gasteiger partial charge on any atom is 0.243 e. The Kier molecular flexibility index (Phi) is 5.74. The molecule has 0 aromatic heterocycles. The lowest BCUT2D eigenvalue weighted by Gasteiger charge is -2.31. The molecular weight excluding hydrogens is 400 g/mol. The molecule has 1 aliphatic heterocycles. The summed E-state index contributed by atoms with van der Waals surface area (Å²) in [6, 6.07) is 19.9. The van der Waals surface area contributed by atoms with Crippen molar-refractivity contribution < 1.29 is 17.9 Å². The van der Waals surface area contributed by atoms with Crippen molar-refractivity contribution in [1.29, 1.82) is 0 Å². The van der Waals surface area contributed by atoms with Gasteiger partial charge in [-0.1, -0.05) is 36.4 Å². The van der Waals surface area contributed by atoms with Gasteiger partial charge in [0.05, 0.1) is 17.9 Å². The van der Waals surface area contributed by atoms with Crippen molar-refractivity contribution in [2.45, 2.75) is 17.7 Å². The summed E-state index contributed by atoms with van der Waals surface area (Å²) in [5.41, 5.74) is 0.744. The summed E-state index contributed by atoms with van der Waals surface area (Å²) in [6.07, 6.45) is 1.30. The van der Waals surface area contributed by atoms with E-state index in [-0.39, 0.29) is 17.3 Å². The van der Waals surface area contributed by atoms with Gasteiger partial charge in [0.15, 0.2) is 0 Å². The number of sulfonamides is 1. The highest BCUT2D eigenvalue weighted by Crippen LogP contribution is 2.28. The van der Waals surface area contributed by atoms with E-state index in [1.165, 1.54) is 23.5 Å². The van der Waals surface area contributed by atoms with Crippen molar-refractivity contribution in [2.24, 2.45) is 5.92 Å². The number of nitrogens with zero attached hydrogens (tertiary/aromatic N) is 1. The first-order valence-corrected chi connectivity index (χ1v) is 11.4. The zero-order valence-corrected chi connectivity index (χ0v) is 17.6. The molecule has 0 aliphatic carbocycles. The average Bonchev–Trinajstić information content (AvgIpc) is 2.79. The fraction of sp³-hybridized carbons (Fsp3) is 0.261. The molecule has 0 unspecified atom stereocenters. The second-order valence-corrected chi connectivity index (χ2v) is 9.33. The minimum atomic E-state index is -3.66. The zero-order valence-electron chi connectivity index (χ0n) is 16.7. The number of hydrogen-bond donors (Lipinski definition) is 1. The second kappa shape index (κ2) is 8.45. The fourth-order valence-electron chi connectivity index (χ4n) is 3.84. The fourth-order valence-corrected chi connectivity index (χ4v) is 5.36. The lowest BCUT2D eigenvalue weighted by molar-refractivity contribution is -0.120. The number of benzene rings is 3. The summed E-state index contributed by atoms with van der Waals surface area (Å²) in [5, 5.41) is 5.01. The van der Waals surface area contributed by atoms with Crippen LogP contribution in [0.3, 0.4) is 0 Å². The number of nitrogens with one attached hydrogen (secondary N) is 1. The molecule has 1 fully saturated rings. The smallest absolute Gasteiger partial charge is 0.243 e. The Bertz CT molecular complexity index is 1150. The minimum Gasteiger partial charge on any atom is -0.497 e. The molecule has 156 valence electrons. The maximum absolute atomic E-state index is 13.0. The molecule has 6 nitrogen and oxygen atoms in total. The van der Waals surface area contributed by atoms with Gasteiger partial charge in [-0.15, -0.1) is 0 Å². The van der Waals surface area contributed by atoms with E-state index >= 15 is 0 Å². The van der Waals surface area contributed by atoms with Gasteiger partial charge >= 0.3 is 0 Å². The van der Waals surface area contributed by atoms with Crippen molar-refractivity contribution in [2.75, 3.05) is 25.5 Å². The predicted molar refractivity (Wildman–Crippen MR) is 117 cm³/mol. The minimum absolute atomic E-state index is 0.152. The number of piperidine rings is 1. The molecule has 1 aliphatic rings. The van der Waals surface area contributed by atoms with Gasteiger partial charge in [-0.2, -0.15) is 4.31 Å². The van der Waals surface area contributed by atoms with Gasteiger partial charge in [0.25, 0.3) is 0 Å². The Balaban J connectivity index is 1.51. The van der Waals surface area contributed by atoms with E-state index in [4.69, 9.17) is 4.74 Å². The van der Waals surface area contributed by atoms with E-state index in [1.807, 2.05) is 42.5 Å². The van der Waals surface area contributed by atoms with Crippen LogP contribution >= 0.6 is 0 Å². The summed E-state index contributed by atoms with van der Waals surface area (Å²) in [4.78, 5) is 13.2. The monoisotopic (exact) mass is 424 g/mol. The number of methoxy groups -OCH3 is 1. The molecule has 3 aromatic rings. The first kappa shape index (κ1) is 20.4. The van der Waals surface area contributed by atoms with E-state index in [9.17, 15) is 13.2 Å². The first-order valence-electron chi connectivity index (χ1n) is 9.92. The molecule has 1 atom stereocenters. The van der Waals surface area contributed by atoms with Crippen molar-refractivity contribution in [3.8, 4) is 5.75 Å². The molecule has 1 amide bonds. The predicted octanol–water partition coefficient (Wildman–Crippen LogP) is 3.89. The van der Waals surface area contributed by atoms with E-state index < -0.39 is 15.9 Å². The van der Waals surface area contributed by atoms with Crippen LogP contribution in [-0.4, -0.2) is 38.8 Å². The number of carbonyl (C=O) groups excluding carboxylic acids is 1. The number of anilines is 1. The van der Waals surface area contributed by atoms with E-state index in [1.54, 1.807) is 12.1 Å². The number of fused-ring (bicyclic) bond motifs is 1. The van der Waals surface area contributed by atoms with Gasteiger partial charge in [-0.25, -0.2) is 8.42 Å². The lowest BCUT2D eigenvalue weighted by Crippen LogP contribution is -2.43. The summed E-state index contributed by atoms with van der Waals surface area (Å²) in [5.74, 6) is 0.0478. The summed E-state index contributed by atoms with van der Waals surface area (Å²) < 4.78 is 32.6. The summed E-state index contributed by atoms with van der Waals surface area (Å²) in [7, 11) is -2.13. The Labute approximate surface area is 176 Å². The Morgan fingerprint density at radius 1 is 1.03 bits per heavy atom. The molecule has 0 radical (unpaired) electrons. The van der Waals surface area contributed by atoms with E-state index in [2.05, 4.69) is 5.32 Å². The molecule has 0 saturated carbocycles. The molecule has 4 rings (SSSR count). The van der Waals surface area contributed by atoms with Crippen LogP contribution in [0.4, 0.5) is 5.69 Å². The molecule has 0 bridgehead atoms. The van der Waals surface area contributed by atoms with Gasteiger partial charge in [-0.3, -0.25) is 4.79 Å². The summed E-state index contributed by atoms with van der Waals surface area (Å²) in [6.45, 7) is 0.581. The van der Waals surface area contributed by atoms with Gasteiger partial charge in [-0.05, 0) is 48.6 Å². The van der Waals surface area contributed by atoms with E-state index in [0.717, 1.165) is 16.5 Å². The normalized spacial score (nSPS) is 17.6. The Morgan fingerprint density at radius 3 is 2.53 bits per heavy atom. The third-order valence-electron chi connectivity index (χ3n) is 5.50. The molecule has 3 aromatic carbocycles. The van der Waals surface area contributed by atoms with Crippen LogP contribution in [0, 0.1) is 5.92 Å². The Hall–Kier alpha value is -2.90. The van der Waals surface area contributed by atoms with Crippen molar-refractivity contribution in [1.82, 2.24) is 4.31 Å². The van der Waals surface area contributed by atoms with Crippen LogP contribution in [0.1, 0.15) is 12.8 Å². The molecule has 30 heavy (non-hydrogen) atoms. The highest BCUT2D eigenvalue weighted by atomic mass is 32.2. The quantitative estimate of drug-likeness (QED) is 0.674. The van der Waals surface area contributed by atoms with E-state index in [0.29, 0.717) is 25.1 Å². The molecule has 1 N–H and O–H groups in total. The SMILES string of the molecule is COc1ccc(S(=O)(=O)N2CCC[C@@H](C(=O)Nc3cccc4ccccc34)C2)cc1. The number of hydrogen-bond acceptors (Lipinski definition) is 4. The third-order valence-corrected chi connectivity index (χ3v) is 7.38. The first-order chi connectivity index (χ1) is 14.5. The topological polar surface area (TPSA) is 75.7 Å². The standard InChI is InChI=1S/C23H24N2O4S/c1-29-19-11-13-20(14-12-19)30(27,28)25-15-5-8-18(16-25)23(26)24-22-10-4-7-17-6-2-3-9-21(17)22/h2-4,6-7,9-14,18H,5,8,15-16H2,1H3,(H,24,26)/t18-/m1/s1. The molecule has 1 heterocycles. The number of rotatable bonds is 5. The largest absolute Gasteiger partial charge is 0.497 e. The van der Waals surface area contributed by atoms with Crippen LogP contribution in [0.25, 0.3) is 10.8 Å². The van der Waals surface area contributed by atoms with Crippen molar-refractivity contribution in [3.63, 3.8) is 0 Å². The third kappa shape index (κ3) is 4.04. The average molecular weight is 425 g/mol. The highest BCUT2D eigenvalue weighted by molar-refractivity contribution is 7.89. The van der Waals surface area contributed by atoms with Gasteiger partial charge in [0.1, 0.15) is 5.75 Å². The number of amides is 1. The van der Waals surface area contributed by atoms with Crippen molar-refractivity contribution >= 4 is 32.4 Å². The highest BCUT2D eigenvalue weighted by Gasteiger charge is 2.33. The van der Waals surface area contributed by atoms with Crippen LogP contribution < -0.4 is 10.1 Å².